The van der Waals surface area contributed by atoms with E-state index in [1.807, 2.05) is 49.2 Å². The van der Waals surface area contributed by atoms with Crippen molar-refractivity contribution in [3.8, 4) is 5.75 Å². The Balaban J connectivity index is 1.66. The summed E-state index contributed by atoms with van der Waals surface area (Å²) in [7, 11) is 0. The van der Waals surface area contributed by atoms with Crippen LogP contribution in [-0.4, -0.2) is 46.2 Å². The lowest BCUT2D eigenvalue weighted by Crippen LogP contribution is -2.48. The highest BCUT2D eigenvalue weighted by Crippen LogP contribution is 2.37. The molecule has 32 heavy (non-hydrogen) atoms. The van der Waals surface area contributed by atoms with Gasteiger partial charge in [-0.2, -0.15) is 0 Å². The first kappa shape index (κ1) is 22.4. The first-order chi connectivity index (χ1) is 15.1. The van der Waals surface area contributed by atoms with E-state index < -0.39 is 12.0 Å². The van der Waals surface area contributed by atoms with Crippen LogP contribution in [0.5, 0.6) is 5.75 Å². The Bertz CT molecular complexity index is 982. The number of halogens is 3. The fourth-order valence-corrected chi connectivity index (χ4v) is 4.34. The quantitative estimate of drug-likeness (QED) is 0.716. The van der Waals surface area contributed by atoms with Crippen LogP contribution in [0.2, 0.25) is 0 Å². The number of nitrogens with zero attached hydrogens (tertiary/aromatic N) is 3. The third kappa shape index (κ3) is 4.97. The van der Waals surface area contributed by atoms with Crippen LogP contribution in [0.4, 0.5) is 18.9 Å². The van der Waals surface area contributed by atoms with Crippen molar-refractivity contribution in [2.75, 3.05) is 18.0 Å². The summed E-state index contributed by atoms with van der Waals surface area (Å²) in [6, 6.07) is 9.75. The Kier molecular flexibility index (Phi) is 6.01. The molecule has 2 aromatic rings. The third-order valence-electron chi connectivity index (χ3n) is 5.99. The minimum Gasteiger partial charge on any atom is -0.406 e. The molecule has 5 nitrogen and oxygen atoms in total. The smallest absolute Gasteiger partial charge is 0.406 e. The van der Waals surface area contributed by atoms with E-state index in [4.69, 9.17) is 0 Å². The molecule has 3 heterocycles. The van der Waals surface area contributed by atoms with Crippen LogP contribution in [0, 0.1) is 5.92 Å². The van der Waals surface area contributed by atoms with Gasteiger partial charge in [-0.1, -0.05) is 12.1 Å². The molecule has 2 unspecified atom stereocenters. The number of aromatic nitrogens is 1. The highest BCUT2D eigenvalue weighted by atomic mass is 19.4. The van der Waals surface area contributed by atoms with Gasteiger partial charge >= 0.3 is 6.36 Å². The topological polar surface area (TPSA) is 48.8 Å². The number of hydrogen-bond donors (Lipinski definition) is 1. The van der Waals surface area contributed by atoms with Crippen molar-refractivity contribution in [1.82, 2.24) is 9.88 Å². The van der Waals surface area contributed by atoms with E-state index in [1.54, 1.807) is 24.5 Å². The molecular weight excluding hydrogens is 419 g/mol. The molecule has 1 aromatic heterocycles. The van der Waals surface area contributed by atoms with Crippen molar-refractivity contribution < 1.29 is 23.0 Å². The third-order valence-corrected chi connectivity index (χ3v) is 5.99. The van der Waals surface area contributed by atoms with Crippen molar-refractivity contribution in [1.29, 1.82) is 0 Å². The average molecular weight is 445 g/mol. The molecule has 1 saturated heterocycles. The molecule has 0 radical (unpaired) electrons. The molecule has 4 rings (SSSR count). The monoisotopic (exact) mass is 445 g/mol. The van der Waals surface area contributed by atoms with E-state index in [0.29, 0.717) is 6.54 Å². The van der Waals surface area contributed by atoms with Crippen LogP contribution >= 0.6 is 0 Å². The summed E-state index contributed by atoms with van der Waals surface area (Å²) < 4.78 is 41.7. The summed E-state index contributed by atoms with van der Waals surface area (Å²) in [5, 5.41) is 10.5. The molecule has 0 spiro atoms. The highest BCUT2D eigenvalue weighted by Gasteiger charge is 2.40. The molecule has 0 aliphatic carbocycles. The Morgan fingerprint density at radius 3 is 2.47 bits per heavy atom. The van der Waals surface area contributed by atoms with Gasteiger partial charge in [-0.3, -0.25) is 9.88 Å². The summed E-state index contributed by atoms with van der Waals surface area (Å²) in [4.78, 5) is 8.58. The van der Waals surface area contributed by atoms with Crippen LogP contribution in [-0.2, 0) is 0 Å². The summed E-state index contributed by atoms with van der Waals surface area (Å²) in [5.74, 6) is -0.141. The number of aliphatic hydroxyl groups is 1. The van der Waals surface area contributed by atoms with E-state index in [2.05, 4.69) is 14.6 Å². The first-order valence-corrected chi connectivity index (χ1v) is 10.5. The maximum absolute atomic E-state index is 12.6. The van der Waals surface area contributed by atoms with Gasteiger partial charge < -0.3 is 14.7 Å². The summed E-state index contributed by atoms with van der Waals surface area (Å²) in [6.07, 6.45) is 5.34. The standard InChI is InChI=1S/C24H26F3N3O2/c1-23(2,31)18-11-14-29(16-18)22-21(17-5-3-12-28-15-17)6-4-13-30(22)19-7-9-20(10-8-19)32-24(25,26)27/h3-10,12-13,15,18,22,31H,11,14,16H2,1-2H3. The summed E-state index contributed by atoms with van der Waals surface area (Å²) >= 11 is 0. The minimum absolute atomic E-state index is 0.118. The molecule has 1 aromatic carbocycles. The zero-order valence-corrected chi connectivity index (χ0v) is 18.0. The molecule has 2 atom stereocenters. The fourth-order valence-electron chi connectivity index (χ4n) is 4.34. The molecule has 8 heteroatoms. The van der Waals surface area contributed by atoms with E-state index in [-0.39, 0.29) is 17.8 Å². The van der Waals surface area contributed by atoms with Crippen molar-refractivity contribution in [3.63, 3.8) is 0 Å². The molecule has 2 aliphatic rings. The van der Waals surface area contributed by atoms with Gasteiger partial charge in [-0.05, 0) is 67.8 Å². The van der Waals surface area contributed by atoms with E-state index in [1.165, 1.54) is 12.1 Å². The van der Waals surface area contributed by atoms with E-state index >= 15 is 0 Å². The maximum atomic E-state index is 12.6. The van der Waals surface area contributed by atoms with Gasteiger partial charge in [-0.25, -0.2) is 0 Å². The number of benzene rings is 1. The predicted octanol–water partition coefficient (Wildman–Crippen LogP) is 4.82. The SMILES string of the molecule is CC(C)(O)C1CCN(C2C(c3cccnc3)=CC=CN2c2ccc(OC(F)(F)F)cc2)C1. The summed E-state index contributed by atoms with van der Waals surface area (Å²) in [6.45, 7) is 5.15. The van der Waals surface area contributed by atoms with Crippen LogP contribution in [0.1, 0.15) is 25.8 Å². The average Bonchev–Trinajstić information content (AvgIpc) is 3.24. The van der Waals surface area contributed by atoms with Gasteiger partial charge in [0.05, 0.1) is 5.60 Å². The van der Waals surface area contributed by atoms with Crippen molar-refractivity contribution in [3.05, 3.63) is 72.7 Å². The van der Waals surface area contributed by atoms with Crippen LogP contribution in [0.3, 0.4) is 0 Å². The van der Waals surface area contributed by atoms with Gasteiger partial charge in [0.2, 0.25) is 0 Å². The molecular formula is C24H26F3N3O2. The molecule has 170 valence electrons. The number of anilines is 1. The predicted molar refractivity (Wildman–Crippen MR) is 117 cm³/mol. The minimum atomic E-state index is -4.73. The van der Waals surface area contributed by atoms with Gasteiger partial charge in [-0.15, -0.1) is 13.2 Å². The van der Waals surface area contributed by atoms with Crippen molar-refractivity contribution >= 4 is 11.3 Å². The molecule has 0 bridgehead atoms. The number of rotatable bonds is 5. The van der Waals surface area contributed by atoms with Gasteiger partial charge in [0, 0.05) is 43.3 Å². The van der Waals surface area contributed by atoms with Crippen LogP contribution < -0.4 is 9.64 Å². The Labute approximate surface area is 185 Å². The zero-order valence-electron chi connectivity index (χ0n) is 18.0. The fraction of sp³-hybridized carbons (Fsp3) is 0.375. The normalized spacial score (nSPS) is 22.2. The number of hydrogen-bond acceptors (Lipinski definition) is 5. The van der Waals surface area contributed by atoms with Gasteiger partial charge in [0.15, 0.2) is 0 Å². The number of ether oxygens (including phenoxy) is 1. The number of likely N-dealkylation sites (tertiary alicyclic amines) is 1. The largest absolute Gasteiger partial charge is 0.573 e. The number of allylic oxidation sites excluding steroid dienone is 2. The molecule has 1 fully saturated rings. The second-order valence-electron chi connectivity index (χ2n) is 8.66. The van der Waals surface area contributed by atoms with Crippen molar-refractivity contribution in [2.24, 2.45) is 5.92 Å². The molecule has 0 amide bonds. The Morgan fingerprint density at radius 1 is 1.12 bits per heavy atom. The summed E-state index contributed by atoms with van der Waals surface area (Å²) in [5.41, 5.74) is 1.95. The highest BCUT2D eigenvalue weighted by molar-refractivity contribution is 5.76. The molecule has 0 saturated carbocycles. The Hall–Kier alpha value is -2.84. The Morgan fingerprint density at radius 2 is 1.88 bits per heavy atom. The van der Waals surface area contributed by atoms with E-state index in [0.717, 1.165) is 29.8 Å². The van der Waals surface area contributed by atoms with Crippen LogP contribution in [0.15, 0.2) is 67.1 Å². The number of alkyl halides is 3. The van der Waals surface area contributed by atoms with Gasteiger partial charge in [0.1, 0.15) is 11.9 Å². The zero-order chi connectivity index (χ0) is 22.9. The lowest BCUT2D eigenvalue weighted by molar-refractivity contribution is -0.274. The van der Waals surface area contributed by atoms with Crippen LogP contribution in [0.25, 0.3) is 5.57 Å². The number of pyridine rings is 1. The first-order valence-electron chi connectivity index (χ1n) is 10.5. The lowest BCUT2D eigenvalue weighted by atomic mass is 9.90. The molecule has 2 aliphatic heterocycles. The van der Waals surface area contributed by atoms with E-state index in [9.17, 15) is 18.3 Å². The second kappa shape index (κ2) is 8.60. The molecule has 1 N–H and O–H groups in total. The second-order valence-corrected chi connectivity index (χ2v) is 8.66. The van der Waals surface area contributed by atoms with Gasteiger partial charge in [0.25, 0.3) is 0 Å². The van der Waals surface area contributed by atoms with Crippen molar-refractivity contribution in [2.45, 2.75) is 38.4 Å². The lowest BCUT2D eigenvalue weighted by Gasteiger charge is -2.41. The maximum Gasteiger partial charge on any atom is 0.573 e.